The molecule has 0 aliphatic carbocycles. The Morgan fingerprint density at radius 1 is 0.686 bits per heavy atom. The number of hydrogen-bond acceptors (Lipinski definition) is 8. The van der Waals surface area contributed by atoms with E-state index in [0.29, 0.717) is 39.6 Å². The minimum absolute atomic E-state index is 0.265. The third kappa shape index (κ3) is 11.1. The fourth-order valence-corrected chi connectivity index (χ4v) is 6.60. The molecular formula is C26H53O8P. The van der Waals surface area contributed by atoms with Crippen LogP contribution in [0.15, 0.2) is 0 Å². The van der Waals surface area contributed by atoms with Crippen LogP contribution in [0.2, 0.25) is 0 Å². The number of hydrogen-bond donors (Lipinski definition) is 0. The van der Waals surface area contributed by atoms with E-state index in [0.717, 1.165) is 51.4 Å². The Labute approximate surface area is 214 Å². The Morgan fingerprint density at radius 3 is 1.69 bits per heavy atom. The van der Waals surface area contributed by atoms with Crippen molar-refractivity contribution in [3.8, 4) is 0 Å². The highest BCUT2D eigenvalue weighted by molar-refractivity contribution is 7.60. The smallest absolute Gasteiger partial charge is 0.288 e. The molecule has 9 heteroatoms. The van der Waals surface area contributed by atoms with E-state index in [1.54, 1.807) is 0 Å². The summed E-state index contributed by atoms with van der Waals surface area (Å²) in [6.07, 6.45) is 6.00. The van der Waals surface area contributed by atoms with E-state index in [1.165, 1.54) is 0 Å². The molecule has 1 fully saturated rings. The lowest BCUT2D eigenvalue weighted by Crippen LogP contribution is -2.56. The first kappa shape index (κ1) is 33.0. The van der Waals surface area contributed by atoms with Gasteiger partial charge in [0, 0.05) is 39.6 Å². The second-order valence-corrected chi connectivity index (χ2v) is 11.4. The predicted octanol–water partition coefficient (Wildman–Crippen LogP) is 6.35. The van der Waals surface area contributed by atoms with Gasteiger partial charge >= 0.3 is 0 Å². The van der Waals surface area contributed by atoms with Gasteiger partial charge in [-0.25, -0.2) is 0 Å². The molecule has 1 aliphatic heterocycles. The summed E-state index contributed by atoms with van der Waals surface area (Å²) in [4.78, 5) is 0. The van der Waals surface area contributed by atoms with Crippen molar-refractivity contribution in [2.24, 2.45) is 0 Å². The van der Waals surface area contributed by atoms with Crippen LogP contribution in [0.5, 0.6) is 0 Å². The first-order chi connectivity index (χ1) is 17.0. The highest BCUT2D eigenvalue weighted by Crippen LogP contribution is 2.63. The lowest BCUT2D eigenvalue weighted by atomic mass is 10.1. The monoisotopic (exact) mass is 524 g/mol. The Kier molecular flexibility index (Phi) is 18.8. The molecule has 0 aromatic carbocycles. The number of rotatable bonds is 22. The normalized spacial score (nSPS) is 27.1. The highest BCUT2D eigenvalue weighted by Gasteiger charge is 2.58. The van der Waals surface area contributed by atoms with Gasteiger partial charge in [-0.05, 0) is 39.5 Å². The van der Waals surface area contributed by atoms with Gasteiger partial charge in [-0.3, -0.25) is 4.57 Å². The van der Waals surface area contributed by atoms with Crippen LogP contribution in [0, 0.1) is 0 Å². The lowest BCUT2D eigenvalue weighted by molar-refractivity contribution is -0.187. The molecule has 0 radical (unpaired) electrons. The van der Waals surface area contributed by atoms with E-state index in [9.17, 15) is 4.57 Å². The average Bonchev–Trinajstić information content (AvgIpc) is 2.85. The molecule has 0 bridgehead atoms. The van der Waals surface area contributed by atoms with E-state index in [4.69, 9.17) is 32.9 Å². The van der Waals surface area contributed by atoms with Crippen molar-refractivity contribution in [3.05, 3.63) is 0 Å². The first-order valence-corrected chi connectivity index (χ1v) is 15.7. The van der Waals surface area contributed by atoms with Crippen LogP contribution < -0.4 is 0 Å². The molecule has 0 N–H and O–H groups in total. The zero-order chi connectivity index (χ0) is 25.9. The van der Waals surface area contributed by atoms with Crippen LogP contribution in [0.4, 0.5) is 0 Å². The molecule has 2 unspecified atom stereocenters. The van der Waals surface area contributed by atoms with E-state index in [1.807, 2.05) is 13.8 Å². The van der Waals surface area contributed by atoms with Crippen molar-refractivity contribution in [1.82, 2.24) is 0 Å². The molecule has 0 spiro atoms. The fraction of sp³-hybridized carbons (Fsp3) is 1.00. The first-order valence-electron chi connectivity index (χ1n) is 14.0. The molecule has 0 amide bonds. The zero-order valence-corrected chi connectivity index (χ0v) is 24.1. The standard InChI is InChI=1S/C26H53O8P/c1-7-13-17-28-21-22-23(31-18-14-8-2)24(32-19-15-9-3)25(33-20-16-10-4)35(27,34-22)26(29-11-5)30-12-6/h22-26H,7-21H2,1-6H3/t22-,23-,24+,25?,35?/m1/s1. The maximum atomic E-state index is 14.7. The minimum atomic E-state index is -3.65. The van der Waals surface area contributed by atoms with E-state index in [-0.39, 0.29) is 6.61 Å². The average molecular weight is 525 g/mol. The quantitative estimate of drug-likeness (QED) is 0.0921. The van der Waals surface area contributed by atoms with Gasteiger partial charge in [0.25, 0.3) is 7.37 Å². The summed E-state index contributed by atoms with van der Waals surface area (Å²) < 4.78 is 57.7. The van der Waals surface area contributed by atoms with Crippen LogP contribution in [-0.4, -0.2) is 76.4 Å². The maximum absolute atomic E-state index is 14.7. The Morgan fingerprint density at radius 2 is 1.17 bits per heavy atom. The SMILES string of the molecule is CCCCOC[C@H]1OP(=O)(C(OCC)OCC)C(OCCCC)[C@@H](OCCCC)[C@@H]1OCCCC. The van der Waals surface area contributed by atoms with Gasteiger partial charge < -0.3 is 32.9 Å². The summed E-state index contributed by atoms with van der Waals surface area (Å²) in [5, 5.41) is 0. The van der Waals surface area contributed by atoms with E-state index in [2.05, 4.69) is 27.7 Å². The van der Waals surface area contributed by atoms with Gasteiger partial charge in [0.2, 0.25) is 6.03 Å². The van der Waals surface area contributed by atoms with Crippen LogP contribution in [0.1, 0.15) is 92.9 Å². The minimum Gasteiger partial charge on any atom is -0.379 e. The third-order valence-electron chi connectivity index (χ3n) is 5.87. The zero-order valence-electron chi connectivity index (χ0n) is 23.2. The van der Waals surface area contributed by atoms with E-state index < -0.39 is 37.6 Å². The Balaban J connectivity index is 3.38. The van der Waals surface area contributed by atoms with Crippen LogP contribution in [-0.2, 0) is 37.5 Å². The molecule has 8 nitrogen and oxygen atoms in total. The van der Waals surface area contributed by atoms with Crippen molar-refractivity contribution in [1.29, 1.82) is 0 Å². The van der Waals surface area contributed by atoms with Crippen molar-refractivity contribution >= 4 is 7.37 Å². The van der Waals surface area contributed by atoms with Crippen LogP contribution in [0.25, 0.3) is 0 Å². The van der Waals surface area contributed by atoms with Gasteiger partial charge in [-0.2, -0.15) is 0 Å². The van der Waals surface area contributed by atoms with Crippen LogP contribution in [0.3, 0.4) is 0 Å². The summed E-state index contributed by atoms with van der Waals surface area (Å²) in [6.45, 7) is 15.3. The summed E-state index contributed by atoms with van der Waals surface area (Å²) in [5.41, 5.74) is 0. The molecule has 1 heterocycles. The largest absolute Gasteiger partial charge is 0.379 e. The summed E-state index contributed by atoms with van der Waals surface area (Å²) in [7, 11) is -3.65. The van der Waals surface area contributed by atoms with Gasteiger partial charge in [0.15, 0.2) is 5.85 Å². The van der Waals surface area contributed by atoms with Gasteiger partial charge in [0.1, 0.15) is 18.3 Å². The van der Waals surface area contributed by atoms with Crippen molar-refractivity contribution in [3.63, 3.8) is 0 Å². The Bertz CT molecular complexity index is 543. The molecule has 0 aromatic rings. The topological polar surface area (TPSA) is 81.7 Å². The summed E-state index contributed by atoms with van der Waals surface area (Å²) in [6, 6.07) is -1.03. The molecular weight excluding hydrogens is 471 g/mol. The van der Waals surface area contributed by atoms with Crippen LogP contribution >= 0.6 is 7.37 Å². The van der Waals surface area contributed by atoms with Gasteiger partial charge in [-0.15, -0.1) is 0 Å². The Hall–Kier alpha value is -0.0500. The predicted molar refractivity (Wildman–Crippen MR) is 139 cm³/mol. The molecule has 5 atom stereocenters. The van der Waals surface area contributed by atoms with Gasteiger partial charge in [0.05, 0.1) is 6.61 Å². The second kappa shape index (κ2) is 20.0. The molecule has 210 valence electrons. The molecule has 0 aromatic heterocycles. The maximum Gasteiger partial charge on any atom is 0.288 e. The molecule has 1 rings (SSSR count). The van der Waals surface area contributed by atoms with Gasteiger partial charge in [-0.1, -0.05) is 53.4 Å². The number of ether oxygens (including phenoxy) is 6. The molecule has 1 saturated heterocycles. The van der Waals surface area contributed by atoms with E-state index >= 15 is 0 Å². The lowest BCUT2D eigenvalue weighted by Gasteiger charge is -2.47. The number of unbranched alkanes of at least 4 members (excludes halogenated alkanes) is 4. The summed E-state index contributed by atoms with van der Waals surface area (Å²) in [5.74, 6) is -0.840. The van der Waals surface area contributed by atoms with Crippen molar-refractivity contribution < 1.29 is 37.5 Å². The molecule has 1 aliphatic rings. The second-order valence-electron chi connectivity index (χ2n) is 8.93. The van der Waals surface area contributed by atoms with Crippen molar-refractivity contribution in [2.75, 3.05) is 46.2 Å². The van der Waals surface area contributed by atoms with Crippen molar-refractivity contribution in [2.45, 2.75) is 123 Å². The molecule has 0 saturated carbocycles. The fourth-order valence-electron chi connectivity index (χ4n) is 3.85. The summed E-state index contributed by atoms with van der Waals surface area (Å²) >= 11 is 0. The highest BCUT2D eigenvalue weighted by atomic mass is 31.2. The third-order valence-corrected chi connectivity index (χ3v) is 8.50. The molecule has 35 heavy (non-hydrogen) atoms.